The molecule has 0 bridgehead atoms. The van der Waals surface area contributed by atoms with E-state index in [0.717, 1.165) is 0 Å². The summed E-state index contributed by atoms with van der Waals surface area (Å²) < 4.78 is 4.63. The van der Waals surface area contributed by atoms with Gasteiger partial charge < -0.3 is 10.1 Å². The number of benzene rings is 1. The Hall–Kier alpha value is -2.35. The average Bonchev–Trinajstić information content (AvgIpc) is 2.46. The zero-order valence-electron chi connectivity index (χ0n) is 10.9. The highest BCUT2D eigenvalue weighted by atomic mass is 16.5. The van der Waals surface area contributed by atoms with E-state index in [4.69, 9.17) is 5.26 Å². The van der Waals surface area contributed by atoms with E-state index in [1.165, 1.54) is 7.11 Å². The Morgan fingerprint density at radius 3 is 2.53 bits per heavy atom. The van der Waals surface area contributed by atoms with E-state index >= 15 is 0 Å². The van der Waals surface area contributed by atoms with Crippen LogP contribution in [-0.2, 0) is 9.53 Å². The van der Waals surface area contributed by atoms with Crippen molar-refractivity contribution in [3.8, 4) is 6.07 Å². The number of carbonyl (C=O) groups is 2. The quantitative estimate of drug-likeness (QED) is 0.814. The molecule has 0 spiro atoms. The smallest absolute Gasteiger partial charge is 0.328 e. The topological polar surface area (TPSA) is 79.2 Å². The predicted molar refractivity (Wildman–Crippen MR) is 69.1 cm³/mol. The van der Waals surface area contributed by atoms with Crippen molar-refractivity contribution in [1.82, 2.24) is 5.32 Å². The fourth-order valence-corrected chi connectivity index (χ4v) is 1.59. The lowest BCUT2D eigenvalue weighted by molar-refractivity contribution is -0.143. The summed E-state index contributed by atoms with van der Waals surface area (Å²) in [6.45, 7) is 1.69. The van der Waals surface area contributed by atoms with Crippen molar-refractivity contribution < 1.29 is 14.3 Å². The van der Waals surface area contributed by atoms with Gasteiger partial charge in [0.05, 0.1) is 13.2 Å². The van der Waals surface area contributed by atoms with Crippen LogP contribution < -0.4 is 5.32 Å². The van der Waals surface area contributed by atoms with Crippen LogP contribution in [0.25, 0.3) is 0 Å². The summed E-state index contributed by atoms with van der Waals surface area (Å²) in [5.74, 6) is -1.26. The molecule has 5 heteroatoms. The van der Waals surface area contributed by atoms with E-state index in [2.05, 4.69) is 10.1 Å². The molecule has 0 aliphatic heterocycles. The van der Waals surface area contributed by atoms with Gasteiger partial charge in [0.2, 0.25) is 0 Å². The van der Waals surface area contributed by atoms with E-state index in [0.29, 0.717) is 5.56 Å². The summed E-state index contributed by atoms with van der Waals surface area (Å²) in [4.78, 5) is 23.5. The standard InChI is InChI=1S/C14H16N2O3/c1-10(9-15)8-12(14(18)19-2)16-13(17)11-6-4-3-5-7-11/h3-7,10,12H,8H2,1-2H3,(H,16,17)/t10-,12-/m1/s1. The monoisotopic (exact) mass is 260 g/mol. The zero-order chi connectivity index (χ0) is 14.3. The summed E-state index contributed by atoms with van der Waals surface area (Å²) in [5.41, 5.74) is 0.459. The van der Waals surface area contributed by atoms with Gasteiger partial charge in [0.25, 0.3) is 5.91 Å². The van der Waals surface area contributed by atoms with Crippen LogP contribution in [0.3, 0.4) is 0 Å². The van der Waals surface area contributed by atoms with Gasteiger partial charge in [0, 0.05) is 11.5 Å². The molecule has 2 atom stereocenters. The Labute approximate surface area is 112 Å². The van der Waals surface area contributed by atoms with Crippen LogP contribution in [-0.4, -0.2) is 25.0 Å². The molecule has 1 N–H and O–H groups in total. The largest absolute Gasteiger partial charge is 0.467 e. The Balaban J connectivity index is 2.75. The first-order valence-corrected chi connectivity index (χ1v) is 5.91. The van der Waals surface area contributed by atoms with Crippen LogP contribution in [0.1, 0.15) is 23.7 Å². The molecular weight excluding hydrogens is 244 g/mol. The molecule has 0 fully saturated rings. The van der Waals surface area contributed by atoms with E-state index in [1.807, 2.05) is 6.07 Å². The first kappa shape index (κ1) is 14.7. The molecule has 0 saturated heterocycles. The molecule has 0 heterocycles. The van der Waals surface area contributed by atoms with Gasteiger partial charge in [-0.3, -0.25) is 4.79 Å². The van der Waals surface area contributed by atoms with E-state index < -0.39 is 12.0 Å². The zero-order valence-corrected chi connectivity index (χ0v) is 10.9. The molecule has 100 valence electrons. The highest BCUT2D eigenvalue weighted by Gasteiger charge is 2.24. The van der Waals surface area contributed by atoms with Crippen molar-refractivity contribution >= 4 is 11.9 Å². The normalized spacial score (nSPS) is 12.9. The Morgan fingerprint density at radius 1 is 1.37 bits per heavy atom. The highest BCUT2D eigenvalue weighted by molar-refractivity contribution is 5.96. The number of esters is 1. The van der Waals surface area contributed by atoms with Crippen molar-refractivity contribution in [3.05, 3.63) is 35.9 Å². The molecule has 1 aromatic carbocycles. The van der Waals surface area contributed by atoms with Gasteiger partial charge in [-0.25, -0.2) is 4.79 Å². The Bertz CT molecular complexity index is 479. The Kier molecular flexibility index (Phi) is 5.55. The number of nitrogens with zero attached hydrogens (tertiary/aromatic N) is 1. The number of rotatable bonds is 5. The molecule has 0 radical (unpaired) electrons. The molecule has 0 saturated carbocycles. The van der Waals surface area contributed by atoms with Crippen LogP contribution in [0, 0.1) is 17.2 Å². The maximum absolute atomic E-state index is 11.9. The molecule has 1 rings (SSSR count). The third-order valence-corrected chi connectivity index (χ3v) is 2.64. The van der Waals surface area contributed by atoms with Crippen LogP contribution in [0.5, 0.6) is 0 Å². The third kappa shape index (κ3) is 4.43. The molecule has 19 heavy (non-hydrogen) atoms. The van der Waals surface area contributed by atoms with Gasteiger partial charge in [-0.2, -0.15) is 5.26 Å². The number of carbonyl (C=O) groups excluding carboxylic acids is 2. The number of amides is 1. The van der Waals surface area contributed by atoms with Gasteiger partial charge in [-0.1, -0.05) is 18.2 Å². The minimum absolute atomic E-state index is 0.224. The molecule has 5 nitrogen and oxygen atoms in total. The van der Waals surface area contributed by atoms with Crippen LogP contribution >= 0.6 is 0 Å². The van der Waals surface area contributed by atoms with Gasteiger partial charge in [-0.05, 0) is 25.5 Å². The maximum Gasteiger partial charge on any atom is 0.328 e. The lowest BCUT2D eigenvalue weighted by Crippen LogP contribution is -2.42. The van der Waals surface area contributed by atoms with E-state index in [1.54, 1.807) is 37.3 Å². The fourth-order valence-electron chi connectivity index (χ4n) is 1.59. The summed E-state index contributed by atoms with van der Waals surface area (Å²) in [6.07, 6.45) is 0.224. The van der Waals surface area contributed by atoms with Gasteiger partial charge in [0.1, 0.15) is 6.04 Å². The van der Waals surface area contributed by atoms with Gasteiger partial charge in [-0.15, -0.1) is 0 Å². The van der Waals surface area contributed by atoms with E-state index in [9.17, 15) is 9.59 Å². The summed E-state index contributed by atoms with van der Waals surface area (Å²) >= 11 is 0. The average molecular weight is 260 g/mol. The second-order valence-corrected chi connectivity index (χ2v) is 4.18. The Morgan fingerprint density at radius 2 is 2.00 bits per heavy atom. The maximum atomic E-state index is 11.9. The number of hydrogen-bond donors (Lipinski definition) is 1. The number of methoxy groups -OCH3 is 1. The van der Waals surface area contributed by atoms with Crippen molar-refractivity contribution in [3.63, 3.8) is 0 Å². The number of hydrogen-bond acceptors (Lipinski definition) is 4. The van der Waals surface area contributed by atoms with Gasteiger partial charge in [0.15, 0.2) is 0 Å². The minimum Gasteiger partial charge on any atom is -0.467 e. The number of nitriles is 1. The lowest BCUT2D eigenvalue weighted by Gasteiger charge is -2.17. The first-order valence-electron chi connectivity index (χ1n) is 5.91. The van der Waals surface area contributed by atoms with Crippen LogP contribution in [0.4, 0.5) is 0 Å². The second kappa shape index (κ2) is 7.17. The number of ether oxygens (including phenoxy) is 1. The van der Waals surface area contributed by atoms with Crippen molar-refractivity contribution in [1.29, 1.82) is 5.26 Å². The third-order valence-electron chi connectivity index (χ3n) is 2.64. The van der Waals surface area contributed by atoms with E-state index in [-0.39, 0.29) is 18.2 Å². The van der Waals surface area contributed by atoms with Crippen molar-refractivity contribution in [2.24, 2.45) is 5.92 Å². The van der Waals surface area contributed by atoms with Crippen molar-refractivity contribution in [2.75, 3.05) is 7.11 Å². The summed E-state index contributed by atoms with van der Waals surface area (Å²) in [7, 11) is 1.25. The first-order chi connectivity index (χ1) is 9.08. The summed E-state index contributed by atoms with van der Waals surface area (Å²) in [5, 5.41) is 11.4. The molecule has 0 aromatic heterocycles. The lowest BCUT2D eigenvalue weighted by atomic mass is 10.0. The molecular formula is C14H16N2O3. The molecule has 1 aromatic rings. The summed E-state index contributed by atoms with van der Waals surface area (Å²) in [6, 6.07) is 9.79. The minimum atomic E-state index is -0.813. The van der Waals surface area contributed by atoms with Crippen molar-refractivity contribution in [2.45, 2.75) is 19.4 Å². The molecule has 0 unspecified atom stereocenters. The highest BCUT2D eigenvalue weighted by Crippen LogP contribution is 2.08. The molecule has 1 amide bonds. The molecule has 0 aliphatic carbocycles. The van der Waals surface area contributed by atoms with Gasteiger partial charge >= 0.3 is 5.97 Å². The SMILES string of the molecule is COC(=O)[C@@H](C[C@@H](C)C#N)NC(=O)c1ccccc1. The van der Waals surface area contributed by atoms with Crippen LogP contribution in [0.2, 0.25) is 0 Å². The predicted octanol–water partition coefficient (Wildman–Crippen LogP) is 1.51. The molecule has 0 aliphatic rings. The number of nitrogens with one attached hydrogen (secondary N) is 1. The second-order valence-electron chi connectivity index (χ2n) is 4.18. The fraction of sp³-hybridized carbons (Fsp3) is 0.357. The van der Waals surface area contributed by atoms with Crippen LogP contribution in [0.15, 0.2) is 30.3 Å².